The molecule has 0 aliphatic rings. The molecule has 1 atom stereocenters. The van der Waals surface area contributed by atoms with Crippen LogP contribution in [0.3, 0.4) is 0 Å². The van der Waals surface area contributed by atoms with Gasteiger partial charge in [0.2, 0.25) is 0 Å². The van der Waals surface area contributed by atoms with Crippen molar-refractivity contribution in [2.75, 3.05) is 13.6 Å². The van der Waals surface area contributed by atoms with Gasteiger partial charge in [-0.15, -0.1) is 0 Å². The second kappa shape index (κ2) is 4.58. The number of hydrogen-bond donors (Lipinski definition) is 2. The highest BCUT2D eigenvalue weighted by molar-refractivity contribution is 6.31. The Bertz CT molecular complexity index is 278. The number of benzene rings is 1. The minimum atomic E-state index is -0.635. The van der Waals surface area contributed by atoms with E-state index in [2.05, 4.69) is 0 Å². The van der Waals surface area contributed by atoms with Crippen LogP contribution in [0.2, 0.25) is 5.02 Å². The van der Waals surface area contributed by atoms with Gasteiger partial charge in [0.05, 0.1) is 6.10 Å². The third kappa shape index (κ3) is 2.97. The van der Waals surface area contributed by atoms with E-state index in [1.165, 1.54) is 5.01 Å². The van der Waals surface area contributed by atoms with Crippen LogP contribution in [0.25, 0.3) is 0 Å². The average Bonchev–Trinajstić information content (AvgIpc) is 2.03. The van der Waals surface area contributed by atoms with Crippen LogP contribution in [-0.4, -0.2) is 23.7 Å². The van der Waals surface area contributed by atoms with Gasteiger partial charge < -0.3 is 5.11 Å². The Morgan fingerprint density at radius 1 is 1.54 bits per heavy atom. The minimum Gasteiger partial charge on any atom is -0.387 e. The Labute approximate surface area is 82.7 Å². The summed E-state index contributed by atoms with van der Waals surface area (Å²) in [6, 6.07) is 7.19. The molecule has 0 aliphatic carbocycles. The fraction of sp³-hybridized carbons (Fsp3) is 0.333. The van der Waals surface area contributed by atoms with Gasteiger partial charge in [0.1, 0.15) is 0 Å². The van der Waals surface area contributed by atoms with Gasteiger partial charge in [-0.05, 0) is 6.07 Å². The molecule has 0 bridgehead atoms. The number of aliphatic hydroxyl groups is 1. The predicted molar refractivity (Wildman–Crippen MR) is 53.2 cm³/mol. The molecule has 0 aliphatic heterocycles. The topological polar surface area (TPSA) is 49.5 Å². The molecule has 3 N–H and O–H groups in total. The van der Waals surface area contributed by atoms with E-state index in [9.17, 15) is 5.11 Å². The molecule has 0 heterocycles. The van der Waals surface area contributed by atoms with E-state index in [4.69, 9.17) is 17.4 Å². The van der Waals surface area contributed by atoms with Crippen molar-refractivity contribution < 1.29 is 5.11 Å². The molecule has 13 heavy (non-hydrogen) atoms. The van der Waals surface area contributed by atoms with Gasteiger partial charge in [-0.25, -0.2) is 5.01 Å². The lowest BCUT2D eigenvalue weighted by Gasteiger charge is -2.16. The Balaban J connectivity index is 2.76. The first-order valence-corrected chi connectivity index (χ1v) is 4.37. The largest absolute Gasteiger partial charge is 0.387 e. The summed E-state index contributed by atoms with van der Waals surface area (Å²) in [6.07, 6.45) is -0.635. The highest BCUT2D eigenvalue weighted by atomic mass is 35.5. The predicted octanol–water partition coefficient (Wildman–Crippen LogP) is 1.18. The van der Waals surface area contributed by atoms with Crippen molar-refractivity contribution >= 4 is 11.6 Å². The van der Waals surface area contributed by atoms with Crippen molar-refractivity contribution in [3.05, 3.63) is 34.9 Å². The van der Waals surface area contributed by atoms with E-state index >= 15 is 0 Å². The summed E-state index contributed by atoms with van der Waals surface area (Å²) in [7, 11) is 1.69. The molecule has 0 saturated carbocycles. The molecule has 4 heteroatoms. The number of nitrogens with two attached hydrogens (primary N) is 1. The molecule has 1 unspecified atom stereocenters. The van der Waals surface area contributed by atoms with E-state index in [1.807, 2.05) is 12.1 Å². The van der Waals surface area contributed by atoms with Crippen LogP contribution in [0.15, 0.2) is 24.3 Å². The molecule has 0 amide bonds. The number of likely N-dealkylation sites (N-methyl/N-ethyl adjacent to an activating group) is 1. The van der Waals surface area contributed by atoms with Crippen LogP contribution in [0.5, 0.6) is 0 Å². The number of rotatable bonds is 3. The summed E-state index contributed by atoms with van der Waals surface area (Å²) in [6.45, 7) is 0.365. The molecule has 0 aromatic heterocycles. The Morgan fingerprint density at radius 3 is 2.69 bits per heavy atom. The quantitative estimate of drug-likeness (QED) is 0.569. The molecule has 1 aromatic rings. The van der Waals surface area contributed by atoms with Gasteiger partial charge in [0, 0.05) is 24.2 Å². The second-order valence-electron chi connectivity index (χ2n) is 2.98. The summed E-state index contributed by atoms with van der Waals surface area (Å²) in [5.74, 6) is 5.41. The zero-order valence-electron chi connectivity index (χ0n) is 7.44. The zero-order valence-corrected chi connectivity index (χ0v) is 8.20. The Hall–Kier alpha value is -0.610. The molecular weight excluding hydrogens is 188 g/mol. The summed E-state index contributed by atoms with van der Waals surface area (Å²) < 4.78 is 0. The zero-order chi connectivity index (χ0) is 9.84. The standard InChI is InChI=1S/C9H13ClN2O/c1-12(11)6-9(13)7-4-2-3-5-8(7)10/h2-5,9,13H,6,11H2,1H3. The van der Waals surface area contributed by atoms with E-state index in [-0.39, 0.29) is 0 Å². The summed E-state index contributed by atoms with van der Waals surface area (Å²) in [5, 5.41) is 11.7. The van der Waals surface area contributed by atoms with Crippen molar-refractivity contribution in [3.63, 3.8) is 0 Å². The fourth-order valence-corrected chi connectivity index (χ4v) is 1.38. The van der Waals surface area contributed by atoms with Crippen LogP contribution in [0.4, 0.5) is 0 Å². The highest BCUT2D eigenvalue weighted by Crippen LogP contribution is 2.22. The molecule has 3 nitrogen and oxygen atoms in total. The Kier molecular flexibility index (Phi) is 3.69. The minimum absolute atomic E-state index is 0.365. The molecule has 72 valence electrons. The molecule has 0 spiro atoms. The van der Waals surface area contributed by atoms with Crippen molar-refractivity contribution in [1.82, 2.24) is 5.01 Å². The molecule has 1 aromatic carbocycles. The van der Waals surface area contributed by atoms with Crippen molar-refractivity contribution in [3.8, 4) is 0 Å². The van der Waals surface area contributed by atoms with Crippen molar-refractivity contribution in [1.29, 1.82) is 0 Å². The first-order chi connectivity index (χ1) is 6.11. The molecule has 1 rings (SSSR count). The van der Waals surface area contributed by atoms with Gasteiger partial charge in [-0.3, -0.25) is 5.84 Å². The normalized spacial score (nSPS) is 13.3. The average molecular weight is 201 g/mol. The van der Waals surface area contributed by atoms with E-state index in [1.54, 1.807) is 19.2 Å². The van der Waals surface area contributed by atoms with Crippen LogP contribution in [0.1, 0.15) is 11.7 Å². The van der Waals surface area contributed by atoms with Crippen LogP contribution in [-0.2, 0) is 0 Å². The first kappa shape index (κ1) is 10.5. The number of hydrazine groups is 1. The summed E-state index contributed by atoms with van der Waals surface area (Å²) >= 11 is 5.88. The fourth-order valence-electron chi connectivity index (χ4n) is 1.12. The summed E-state index contributed by atoms with van der Waals surface area (Å²) in [5.41, 5.74) is 0.710. The monoisotopic (exact) mass is 200 g/mol. The van der Waals surface area contributed by atoms with Gasteiger partial charge in [0.25, 0.3) is 0 Å². The van der Waals surface area contributed by atoms with E-state index in [0.717, 1.165) is 0 Å². The molecule has 0 radical (unpaired) electrons. The second-order valence-corrected chi connectivity index (χ2v) is 3.38. The van der Waals surface area contributed by atoms with Gasteiger partial charge in [-0.1, -0.05) is 29.8 Å². The lowest BCUT2D eigenvalue weighted by molar-refractivity contribution is 0.127. The van der Waals surface area contributed by atoms with Crippen LogP contribution >= 0.6 is 11.6 Å². The SMILES string of the molecule is CN(N)CC(O)c1ccccc1Cl. The van der Waals surface area contributed by atoms with Crippen molar-refractivity contribution in [2.24, 2.45) is 5.84 Å². The third-order valence-electron chi connectivity index (χ3n) is 1.73. The molecule has 0 saturated heterocycles. The third-order valence-corrected chi connectivity index (χ3v) is 2.07. The number of aliphatic hydroxyl groups excluding tert-OH is 1. The lowest BCUT2D eigenvalue weighted by Crippen LogP contribution is -2.30. The maximum atomic E-state index is 9.67. The van der Waals surface area contributed by atoms with E-state index in [0.29, 0.717) is 17.1 Å². The molecular formula is C9H13ClN2O. The van der Waals surface area contributed by atoms with Gasteiger partial charge in [0.15, 0.2) is 0 Å². The number of nitrogens with zero attached hydrogens (tertiary/aromatic N) is 1. The first-order valence-electron chi connectivity index (χ1n) is 3.99. The maximum Gasteiger partial charge on any atom is 0.0945 e. The molecule has 0 fully saturated rings. The van der Waals surface area contributed by atoms with Crippen molar-refractivity contribution in [2.45, 2.75) is 6.10 Å². The van der Waals surface area contributed by atoms with Crippen LogP contribution in [0, 0.1) is 0 Å². The highest BCUT2D eigenvalue weighted by Gasteiger charge is 2.11. The van der Waals surface area contributed by atoms with E-state index < -0.39 is 6.10 Å². The van der Waals surface area contributed by atoms with Gasteiger partial charge >= 0.3 is 0 Å². The van der Waals surface area contributed by atoms with Crippen LogP contribution < -0.4 is 5.84 Å². The number of hydrogen-bond acceptors (Lipinski definition) is 3. The maximum absolute atomic E-state index is 9.67. The van der Waals surface area contributed by atoms with Gasteiger partial charge in [-0.2, -0.15) is 0 Å². The number of halogens is 1. The smallest absolute Gasteiger partial charge is 0.0945 e. The Morgan fingerprint density at radius 2 is 2.15 bits per heavy atom. The lowest BCUT2D eigenvalue weighted by atomic mass is 10.1. The summed E-state index contributed by atoms with van der Waals surface area (Å²) in [4.78, 5) is 0.